The average Bonchev–Trinajstić information content (AvgIpc) is 2.57. The molecule has 0 radical (unpaired) electrons. The summed E-state index contributed by atoms with van der Waals surface area (Å²) < 4.78 is 0. The van der Waals surface area contributed by atoms with Crippen LogP contribution in [0.4, 0.5) is 4.79 Å². The molecule has 128 valence electrons. The molecular weight excluding hydrogens is 312 g/mol. The number of nitrogens with one attached hydrogen (secondary N) is 5. The molecule has 1 unspecified atom stereocenters. The molecule has 1 aromatic rings. The minimum atomic E-state index is -0.846. The van der Waals surface area contributed by atoms with Gasteiger partial charge in [0.25, 0.3) is 5.91 Å². The molecule has 5 N–H and O–H groups in total. The van der Waals surface area contributed by atoms with Crippen LogP contribution in [0.2, 0.25) is 0 Å². The lowest BCUT2D eigenvalue weighted by Crippen LogP contribution is -2.53. The number of carbonyl (C=O) groups is 3. The van der Waals surface area contributed by atoms with Gasteiger partial charge in [-0.15, -0.1) is 0 Å². The van der Waals surface area contributed by atoms with Crippen LogP contribution in [0.15, 0.2) is 35.3 Å². The molecule has 1 atom stereocenters. The largest absolute Gasteiger partial charge is 0.337 e. The number of nitrogens with zero attached hydrogens (tertiary/aromatic N) is 1. The van der Waals surface area contributed by atoms with Crippen molar-refractivity contribution in [1.82, 2.24) is 27.0 Å². The highest BCUT2D eigenvalue weighted by Gasteiger charge is 2.25. The number of hydrazine groups is 2. The number of hydrogen-bond acceptors (Lipinski definition) is 5. The summed E-state index contributed by atoms with van der Waals surface area (Å²) in [6, 6.07) is 8.26. The Morgan fingerprint density at radius 2 is 1.92 bits per heavy atom. The van der Waals surface area contributed by atoms with Crippen LogP contribution in [0.5, 0.6) is 0 Å². The first kappa shape index (κ1) is 17.3. The molecule has 4 amide bonds. The first-order valence-corrected chi connectivity index (χ1v) is 7.57. The summed E-state index contributed by atoms with van der Waals surface area (Å²) in [7, 11) is 0. The second-order valence-electron chi connectivity index (χ2n) is 5.10. The fourth-order valence-electron chi connectivity index (χ4n) is 2.07. The Balaban J connectivity index is 1.90. The first-order chi connectivity index (χ1) is 11.6. The maximum atomic E-state index is 11.8. The number of urea groups is 1. The van der Waals surface area contributed by atoms with Gasteiger partial charge in [-0.1, -0.05) is 30.3 Å². The molecule has 0 aromatic heterocycles. The van der Waals surface area contributed by atoms with Crippen LogP contribution in [-0.2, 0) is 16.0 Å². The van der Waals surface area contributed by atoms with Gasteiger partial charge in [0, 0.05) is 13.0 Å². The molecule has 0 saturated heterocycles. The normalized spacial score (nSPS) is 16.3. The fourth-order valence-corrected chi connectivity index (χ4v) is 2.07. The van der Waals surface area contributed by atoms with Crippen molar-refractivity contribution in [2.75, 3.05) is 6.54 Å². The summed E-state index contributed by atoms with van der Waals surface area (Å²) >= 11 is 0. The monoisotopic (exact) mass is 332 g/mol. The van der Waals surface area contributed by atoms with Crippen LogP contribution in [0.3, 0.4) is 0 Å². The van der Waals surface area contributed by atoms with Gasteiger partial charge >= 0.3 is 6.03 Å². The van der Waals surface area contributed by atoms with E-state index in [0.717, 1.165) is 5.56 Å². The van der Waals surface area contributed by atoms with E-state index in [9.17, 15) is 14.4 Å². The molecule has 0 saturated carbocycles. The number of amidine groups is 1. The summed E-state index contributed by atoms with van der Waals surface area (Å²) in [6.07, 6.45) is 0.342. The Bertz CT molecular complexity index is 631. The van der Waals surface area contributed by atoms with Crippen LogP contribution in [0.1, 0.15) is 18.9 Å². The van der Waals surface area contributed by atoms with Crippen molar-refractivity contribution in [3.63, 3.8) is 0 Å². The maximum Gasteiger partial charge on any atom is 0.333 e. The Morgan fingerprint density at radius 1 is 1.17 bits per heavy atom. The lowest BCUT2D eigenvalue weighted by molar-refractivity contribution is -0.128. The third kappa shape index (κ3) is 5.27. The Hall–Kier alpha value is -3.10. The topological polar surface area (TPSA) is 124 Å². The molecule has 1 heterocycles. The average molecular weight is 332 g/mol. The molecule has 9 nitrogen and oxygen atoms in total. The maximum absolute atomic E-state index is 11.8. The van der Waals surface area contributed by atoms with E-state index in [4.69, 9.17) is 0 Å². The molecule has 0 aliphatic carbocycles. The quantitative estimate of drug-likeness (QED) is 0.461. The van der Waals surface area contributed by atoms with Crippen molar-refractivity contribution >= 4 is 23.7 Å². The predicted octanol–water partition coefficient (Wildman–Crippen LogP) is -0.629. The van der Waals surface area contributed by atoms with Gasteiger partial charge < -0.3 is 5.32 Å². The second kappa shape index (κ2) is 8.51. The second-order valence-corrected chi connectivity index (χ2v) is 5.10. The van der Waals surface area contributed by atoms with Crippen molar-refractivity contribution in [2.24, 2.45) is 4.99 Å². The number of carbonyl (C=O) groups excluding carboxylic acids is 3. The molecule has 0 fully saturated rings. The van der Waals surface area contributed by atoms with Crippen LogP contribution in [-0.4, -0.2) is 36.3 Å². The van der Waals surface area contributed by atoms with E-state index in [1.54, 1.807) is 6.92 Å². The lowest BCUT2D eigenvalue weighted by Gasteiger charge is -2.22. The molecule has 1 aromatic carbocycles. The van der Waals surface area contributed by atoms with Gasteiger partial charge in [-0.05, 0) is 12.5 Å². The molecule has 0 spiro atoms. The Labute approximate surface area is 139 Å². The molecule has 0 bridgehead atoms. The highest BCUT2D eigenvalue weighted by Crippen LogP contribution is 2.06. The highest BCUT2D eigenvalue weighted by atomic mass is 16.2. The van der Waals surface area contributed by atoms with Gasteiger partial charge in [-0.3, -0.25) is 30.9 Å². The van der Waals surface area contributed by atoms with E-state index in [1.807, 2.05) is 30.3 Å². The Kier molecular flexibility index (Phi) is 6.12. The van der Waals surface area contributed by atoms with E-state index in [-0.39, 0.29) is 6.42 Å². The summed E-state index contributed by atoms with van der Waals surface area (Å²) in [5.41, 5.74) is 10.7. The van der Waals surface area contributed by atoms with Crippen molar-refractivity contribution in [2.45, 2.75) is 25.8 Å². The number of hydrogen-bond donors (Lipinski definition) is 5. The van der Waals surface area contributed by atoms with Crippen molar-refractivity contribution < 1.29 is 14.4 Å². The SMILES string of the molecule is CCNC(=O)NNC(=O)CC1N=C(Cc2ccccc2)NNC1=O. The van der Waals surface area contributed by atoms with Crippen molar-refractivity contribution in [1.29, 1.82) is 0 Å². The minimum Gasteiger partial charge on any atom is -0.337 e. The predicted molar refractivity (Wildman–Crippen MR) is 87.6 cm³/mol. The Morgan fingerprint density at radius 3 is 2.62 bits per heavy atom. The minimum absolute atomic E-state index is 0.168. The van der Waals surface area contributed by atoms with Crippen LogP contribution >= 0.6 is 0 Å². The van der Waals surface area contributed by atoms with Gasteiger partial charge in [-0.2, -0.15) is 0 Å². The van der Waals surface area contributed by atoms with E-state index in [0.29, 0.717) is 18.8 Å². The molecular formula is C15H20N6O3. The number of benzene rings is 1. The van der Waals surface area contributed by atoms with Gasteiger partial charge in [0.2, 0.25) is 5.91 Å². The van der Waals surface area contributed by atoms with Gasteiger partial charge in [0.1, 0.15) is 11.9 Å². The van der Waals surface area contributed by atoms with E-state index < -0.39 is 23.9 Å². The van der Waals surface area contributed by atoms with Gasteiger partial charge in [0.05, 0.1) is 6.42 Å². The summed E-state index contributed by atoms with van der Waals surface area (Å²) in [5.74, 6) is -0.346. The molecule has 1 aliphatic heterocycles. The number of aliphatic imine (C=N–C) groups is 1. The highest BCUT2D eigenvalue weighted by molar-refractivity contribution is 5.96. The summed E-state index contributed by atoms with van der Waals surface area (Å²) in [4.78, 5) is 39.1. The van der Waals surface area contributed by atoms with Crippen LogP contribution in [0, 0.1) is 0 Å². The lowest BCUT2D eigenvalue weighted by atomic mass is 10.1. The van der Waals surface area contributed by atoms with E-state index in [1.165, 1.54) is 0 Å². The number of amides is 4. The smallest absolute Gasteiger partial charge is 0.333 e. The third-order valence-corrected chi connectivity index (χ3v) is 3.19. The summed E-state index contributed by atoms with van der Waals surface area (Å²) in [6.45, 7) is 2.19. The summed E-state index contributed by atoms with van der Waals surface area (Å²) in [5, 5.41) is 2.47. The van der Waals surface area contributed by atoms with Crippen molar-refractivity contribution in [3.8, 4) is 0 Å². The van der Waals surface area contributed by atoms with E-state index >= 15 is 0 Å². The first-order valence-electron chi connectivity index (χ1n) is 7.57. The number of rotatable bonds is 5. The van der Waals surface area contributed by atoms with Gasteiger partial charge in [-0.25, -0.2) is 10.2 Å². The third-order valence-electron chi connectivity index (χ3n) is 3.19. The standard InChI is InChI=1S/C15H20N6O3/c1-2-16-15(24)21-19-13(22)9-11-14(23)20-18-12(17-11)8-10-6-4-3-5-7-10/h3-7,11H,2,8-9H2,1H3,(H,17,18)(H,19,22)(H,20,23)(H2,16,21,24). The van der Waals surface area contributed by atoms with Crippen LogP contribution < -0.4 is 27.0 Å². The zero-order valence-electron chi connectivity index (χ0n) is 13.3. The molecule has 1 aliphatic rings. The van der Waals surface area contributed by atoms with Crippen LogP contribution in [0.25, 0.3) is 0 Å². The van der Waals surface area contributed by atoms with Gasteiger partial charge in [0.15, 0.2) is 0 Å². The molecule has 24 heavy (non-hydrogen) atoms. The molecule has 2 rings (SSSR count). The van der Waals surface area contributed by atoms with E-state index in [2.05, 4.69) is 32.0 Å². The zero-order valence-corrected chi connectivity index (χ0v) is 13.3. The van der Waals surface area contributed by atoms with Crippen molar-refractivity contribution in [3.05, 3.63) is 35.9 Å². The fraction of sp³-hybridized carbons (Fsp3) is 0.333. The molecule has 9 heteroatoms. The zero-order chi connectivity index (χ0) is 17.4.